The van der Waals surface area contributed by atoms with E-state index in [1.54, 1.807) is 31.4 Å². The average Bonchev–Trinajstić information content (AvgIpc) is 2.67. The molecule has 0 heterocycles. The normalized spacial score (nSPS) is 11.5. The third-order valence-electron chi connectivity index (χ3n) is 3.91. The summed E-state index contributed by atoms with van der Waals surface area (Å²) in [7, 11) is 1.54. The van der Waals surface area contributed by atoms with E-state index >= 15 is 0 Å². The van der Waals surface area contributed by atoms with Crippen molar-refractivity contribution in [2.24, 2.45) is 0 Å². The highest BCUT2D eigenvalue weighted by Gasteiger charge is 2.29. The van der Waals surface area contributed by atoms with E-state index in [2.05, 4.69) is 5.32 Å². The quantitative estimate of drug-likeness (QED) is 0.673. The van der Waals surface area contributed by atoms with Crippen LogP contribution in [-0.2, 0) is 17.4 Å². The second-order valence-electron chi connectivity index (χ2n) is 5.91. The Bertz CT molecular complexity index is 815. The Hall–Kier alpha value is -2.96. The molecule has 2 rings (SSSR count). The molecule has 0 radical (unpaired) electrons. The minimum absolute atomic E-state index is 0.292. The van der Waals surface area contributed by atoms with Gasteiger partial charge < -0.3 is 14.8 Å². The van der Waals surface area contributed by atoms with Crippen molar-refractivity contribution in [2.45, 2.75) is 19.5 Å². The van der Waals surface area contributed by atoms with Crippen molar-refractivity contribution in [3.05, 3.63) is 65.2 Å². The number of hydrogen-bond donors (Lipinski definition) is 1. The number of carbonyl (C=O) groups excluding carboxylic acids is 1. The smallest absolute Gasteiger partial charge is 0.416 e. The first kappa shape index (κ1) is 21.3. The van der Waals surface area contributed by atoms with Gasteiger partial charge in [0.05, 0.1) is 19.3 Å². The minimum atomic E-state index is -4.35. The number of rotatable bonds is 8. The van der Waals surface area contributed by atoms with Crippen LogP contribution in [0.1, 0.15) is 23.6 Å². The molecule has 2 aromatic carbocycles. The van der Waals surface area contributed by atoms with Crippen molar-refractivity contribution in [3.8, 4) is 11.5 Å². The fourth-order valence-corrected chi connectivity index (χ4v) is 2.48. The Labute approximate surface area is 162 Å². The van der Waals surface area contributed by atoms with Gasteiger partial charge in [0, 0.05) is 12.6 Å². The molecule has 0 aromatic heterocycles. The molecule has 0 aliphatic heterocycles. The van der Waals surface area contributed by atoms with Crippen LogP contribution in [0.3, 0.4) is 0 Å². The molecule has 0 atom stereocenters. The molecule has 0 spiro atoms. The second-order valence-corrected chi connectivity index (χ2v) is 5.91. The molecule has 1 amide bonds. The van der Waals surface area contributed by atoms with Gasteiger partial charge in [-0.3, -0.25) is 4.79 Å². The van der Waals surface area contributed by atoms with Crippen LogP contribution in [-0.4, -0.2) is 26.2 Å². The van der Waals surface area contributed by atoms with Crippen LogP contribution in [0.2, 0.25) is 0 Å². The summed E-state index contributed by atoms with van der Waals surface area (Å²) in [5, 5.41) is 2.70. The first-order chi connectivity index (χ1) is 13.3. The van der Waals surface area contributed by atoms with Crippen LogP contribution < -0.4 is 14.8 Å². The summed E-state index contributed by atoms with van der Waals surface area (Å²) in [5.41, 5.74) is 0.806. The number of halogens is 3. The average molecular weight is 393 g/mol. The highest BCUT2D eigenvalue weighted by molar-refractivity contribution is 5.91. The number of methoxy groups -OCH3 is 1. The maximum Gasteiger partial charge on any atom is 0.416 e. The molecule has 28 heavy (non-hydrogen) atoms. The number of ether oxygens (including phenoxy) is 2. The van der Waals surface area contributed by atoms with Crippen molar-refractivity contribution in [2.75, 3.05) is 20.3 Å². The number of alkyl halides is 3. The lowest BCUT2D eigenvalue weighted by Gasteiger charge is -2.09. The van der Waals surface area contributed by atoms with Gasteiger partial charge in [-0.05, 0) is 54.8 Å². The van der Waals surface area contributed by atoms with Crippen LogP contribution in [0.4, 0.5) is 13.2 Å². The van der Waals surface area contributed by atoms with E-state index in [4.69, 9.17) is 9.47 Å². The lowest BCUT2D eigenvalue weighted by atomic mass is 10.1. The predicted octanol–water partition coefficient (Wildman–Crippen LogP) is 4.48. The van der Waals surface area contributed by atoms with Crippen molar-refractivity contribution in [3.63, 3.8) is 0 Å². The standard InChI is InChI=1S/C21H22F3NO3/c1-3-28-18-10-6-16(14-19(18)27-2)7-11-20(26)25-13-12-15-4-8-17(9-5-15)21(22,23)24/h4-11,14H,3,12-13H2,1-2H3,(H,25,26)/b11-7+. The van der Waals surface area contributed by atoms with Gasteiger partial charge in [-0.1, -0.05) is 18.2 Å². The Morgan fingerprint density at radius 1 is 1.11 bits per heavy atom. The minimum Gasteiger partial charge on any atom is -0.493 e. The van der Waals surface area contributed by atoms with Crippen molar-refractivity contribution in [1.29, 1.82) is 0 Å². The largest absolute Gasteiger partial charge is 0.493 e. The molecule has 4 nitrogen and oxygen atoms in total. The maximum absolute atomic E-state index is 12.5. The summed E-state index contributed by atoms with van der Waals surface area (Å²) in [4.78, 5) is 11.9. The highest BCUT2D eigenvalue weighted by Crippen LogP contribution is 2.29. The summed E-state index contributed by atoms with van der Waals surface area (Å²) in [6, 6.07) is 10.2. The van der Waals surface area contributed by atoms with Gasteiger partial charge in [-0.15, -0.1) is 0 Å². The third-order valence-corrected chi connectivity index (χ3v) is 3.91. The van der Waals surface area contributed by atoms with Gasteiger partial charge in [-0.25, -0.2) is 0 Å². The molecule has 150 valence electrons. The van der Waals surface area contributed by atoms with E-state index in [-0.39, 0.29) is 5.91 Å². The SMILES string of the molecule is CCOc1ccc(/C=C/C(=O)NCCc2ccc(C(F)(F)F)cc2)cc1OC. The Kier molecular flexibility index (Phi) is 7.49. The Morgan fingerprint density at radius 2 is 1.82 bits per heavy atom. The zero-order valence-electron chi connectivity index (χ0n) is 15.7. The van der Waals surface area contributed by atoms with Crippen LogP contribution in [0.5, 0.6) is 11.5 Å². The molecule has 7 heteroatoms. The molecule has 0 fully saturated rings. The van der Waals surface area contributed by atoms with Gasteiger partial charge in [0.15, 0.2) is 11.5 Å². The molecule has 0 bridgehead atoms. The highest BCUT2D eigenvalue weighted by atomic mass is 19.4. The van der Waals surface area contributed by atoms with E-state index in [0.29, 0.717) is 36.6 Å². The number of carbonyl (C=O) groups is 1. The van der Waals surface area contributed by atoms with Gasteiger partial charge in [0.2, 0.25) is 5.91 Å². The van der Waals surface area contributed by atoms with E-state index in [9.17, 15) is 18.0 Å². The number of benzene rings is 2. The Balaban J connectivity index is 1.85. The van der Waals surface area contributed by atoms with Crippen molar-refractivity contribution in [1.82, 2.24) is 5.32 Å². The summed E-state index contributed by atoms with van der Waals surface area (Å²) in [6.45, 7) is 2.72. The number of amides is 1. The van der Waals surface area contributed by atoms with Gasteiger partial charge in [0.1, 0.15) is 0 Å². The summed E-state index contributed by atoms with van der Waals surface area (Å²) in [5.74, 6) is 0.912. The zero-order chi connectivity index (χ0) is 20.6. The van der Waals surface area contributed by atoms with Gasteiger partial charge >= 0.3 is 6.18 Å². The van der Waals surface area contributed by atoms with Crippen LogP contribution in [0.15, 0.2) is 48.5 Å². The van der Waals surface area contributed by atoms with Crippen LogP contribution in [0, 0.1) is 0 Å². The molecule has 2 aromatic rings. The molecular weight excluding hydrogens is 371 g/mol. The third kappa shape index (κ3) is 6.33. The summed E-state index contributed by atoms with van der Waals surface area (Å²) >= 11 is 0. The fraction of sp³-hybridized carbons (Fsp3) is 0.286. The first-order valence-electron chi connectivity index (χ1n) is 8.76. The fourth-order valence-electron chi connectivity index (χ4n) is 2.48. The topological polar surface area (TPSA) is 47.6 Å². The molecule has 0 aliphatic carbocycles. The van der Waals surface area contributed by atoms with Crippen molar-refractivity contribution < 1.29 is 27.4 Å². The van der Waals surface area contributed by atoms with Crippen molar-refractivity contribution >= 4 is 12.0 Å². The lowest BCUT2D eigenvalue weighted by molar-refractivity contribution is -0.137. The number of hydrogen-bond acceptors (Lipinski definition) is 3. The van der Waals surface area contributed by atoms with E-state index in [1.807, 2.05) is 6.92 Å². The molecule has 0 unspecified atom stereocenters. The van der Waals surface area contributed by atoms with Gasteiger partial charge in [0.25, 0.3) is 0 Å². The number of nitrogens with one attached hydrogen (secondary N) is 1. The zero-order valence-corrected chi connectivity index (χ0v) is 15.7. The summed E-state index contributed by atoms with van der Waals surface area (Å²) in [6.07, 6.45) is -0.872. The summed E-state index contributed by atoms with van der Waals surface area (Å²) < 4.78 is 48.3. The monoisotopic (exact) mass is 393 g/mol. The predicted molar refractivity (Wildman–Crippen MR) is 101 cm³/mol. The molecule has 0 aliphatic rings. The molecular formula is C21H22F3NO3. The second kappa shape index (κ2) is 9.82. The lowest BCUT2D eigenvalue weighted by Crippen LogP contribution is -2.23. The van der Waals surface area contributed by atoms with E-state index < -0.39 is 11.7 Å². The van der Waals surface area contributed by atoms with Gasteiger partial charge in [-0.2, -0.15) is 13.2 Å². The molecule has 0 saturated carbocycles. The molecule has 1 N–H and O–H groups in total. The van der Waals surface area contributed by atoms with E-state index in [1.165, 1.54) is 18.2 Å². The molecule has 0 saturated heterocycles. The van der Waals surface area contributed by atoms with E-state index in [0.717, 1.165) is 17.7 Å². The maximum atomic E-state index is 12.5. The van der Waals surface area contributed by atoms with Crippen LogP contribution in [0.25, 0.3) is 6.08 Å². The first-order valence-corrected chi connectivity index (χ1v) is 8.76. The Morgan fingerprint density at radius 3 is 2.43 bits per heavy atom. The van der Waals surface area contributed by atoms with Crippen LogP contribution >= 0.6 is 0 Å².